The fraction of sp³-hybridized carbons (Fsp3) is 0.250. The zero-order valence-corrected chi connectivity index (χ0v) is 20.1. The smallest absolute Gasteiger partial charge is 0.269 e. The summed E-state index contributed by atoms with van der Waals surface area (Å²) in [5.41, 5.74) is 2.78. The Morgan fingerprint density at radius 1 is 1.03 bits per heavy atom. The van der Waals surface area contributed by atoms with E-state index in [-0.39, 0.29) is 22.5 Å². The topological polar surface area (TPSA) is 144 Å². The number of benzene rings is 1. The molecule has 12 heteroatoms. The van der Waals surface area contributed by atoms with E-state index in [2.05, 4.69) is 30.5 Å². The molecule has 5 aromatic rings. The number of nitrogens with one attached hydrogen (secondary N) is 1. The van der Waals surface area contributed by atoms with E-state index in [1.165, 1.54) is 16.4 Å². The highest BCUT2D eigenvalue weighted by atomic mass is 32.2. The Hall–Kier alpha value is -4.37. The minimum Gasteiger partial charge on any atom is -0.366 e. The standard InChI is InChI=1S/C24H21N9O2S/c1-15-2-6-19(7-3-15)36(34,35)32-9-8-20-24(32)28-14-22-30-31-23(33(20)22)16-4-5-17(10-16)29-21-13-26-18(11-25)12-27-21/h2-3,6-9,12-14,16-17H,4-5,10H2,1H3,(H,27,29)/t16-,17-/m1/s1. The number of aromatic nitrogens is 7. The van der Waals surface area contributed by atoms with Gasteiger partial charge >= 0.3 is 0 Å². The van der Waals surface area contributed by atoms with Crippen molar-refractivity contribution < 1.29 is 8.42 Å². The molecule has 1 aliphatic carbocycles. The fourth-order valence-corrected chi connectivity index (χ4v) is 6.05. The van der Waals surface area contributed by atoms with E-state index >= 15 is 0 Å². The highest BCUT2D eigenvalue weighted by Crippen LogP contribution is 2.36. The molecule has 180 valence electrons. The van der Waals surface area contributed by atoms with Crippen LogP contribution in [-0.2, 0) is 10.0 Å². The first kappa shape index (κ1) is 22.1. The quantitative estimate of drug-likeness (QED) is 0.386. The summed E-state index contributed by atoms with van der Waals surface area (Å²) in [6.45, 7) is 1.91. The maximum atomic E-state index is 13.3. The van der Waals surface area contributed by atoms with Crippen LogP contribution >= 0.6 is 0 Å². The van der Waals surface area contributed by atoms with Gasteiger partial charge in [-0.25, -0.2) is 27.3 Å². The summed E-state index contributed by atoms with van der Waals surface area (Å²) in [5.74, 6) is 1.51. The Kier molecular flexibility index (Phi) is 5.15. The molecule has 0 radical (unpaired) electrons. The Morgan fingerprint density at radius 2 is 1.86 bits per heavy atom. The largest absolute Gasteiger partial charge is 0.366 e. The lowest BCUT2D eigenvalue weighted by atomic mass is 10.1. The maximum Gasteiger partial charge on any atom is 0.269 e. The lowest BCUT2D eigenvalue weighted by Crippen LogP contribution is -2.17. The Morgan fingerprint density at radius 3 is 2.61 bits per heavy atom. The molecule has 4 heterocycles. The second-order valence-corrected chi connectivity index (χ2v) is 10.7. The van der Waals surface area contributed by atoms with Crippen molar-refractivity contribution >= 4 is 32.7 Å². The second kappa shape index (κ2) is 8.39. The number of aryl methyl sites for hydroxylation is 1. The number of nitriles is 1. The predicted molar refractivity (Wildman–Crippen MR) is 131 cm³/mol. The molecular formula is C24H21N9O2S. The van der Waals surface area contributed by atoms with Gasteiger partial charge in [-0.15, -0.1) is 10.2 Å². The van der Waals surface area contributed by atoms with Gasteiger partial charge in [0.25, 0.3) is 10.0 Å². The van der Waals surface area contributed by atoms with Crippen LogP contribution in [0, 0.1) is 18.3 Å². The van der Waals surface area contributed by atoms with E-state index in [0.717, 1.165) is 30.7 Å². The van der Waals surface area contributed by atoms with Crippen molar-refractivity contribution in [2.75, 3.05) is 5.32 Å². The highest BCUT2D eigenvalue weighted by Gasteiger charge is 2.31. The fourth-order valence-electron chi connectivity index (χ4n) is 4.75. The van der Waals surface area contributed by atoms with Crippen molar-refractivity contribution in [3.63, 3.8) is 0 Å². The third-order valence-electron chi connectivity index (χ3n) is 6.56. The first-order chi connectivity index (χ1) is 17.4. The monoisotopic (exact) mass is 499 g/mol. The summed E-state index contributed by atoms with van der Waals surface area (Å²) in [6.07, 6.45) is 8.67. The minimum atomic E-state index is -3.81. The van der Waals surface area contributed by atoms with E-state index in [1.54, 1.807) is 42.7 Å². The Labute approximate surface area is 206 Å². The van der Waals surface area contributed by atoms with Crippen molar-refractivity contribution in [1.29, 1.82) is 5.26 Å². The summed E-state index contributed by atoms with van der Waals surface area (Å²) in [4.78, 5) is 12.9. The molecule has 4 aromatic heterocycles. The summed E-state index contributed by atoms with van der Waals surface area (Å²) >= 11 is 0. The van der Waals surface area contributed by atoms with E-state index < -0.39 is 10.0 Å². The molecule has 36 heavy (non-hydrogen) atoms. The number of hydrogen-bond acceptors (Lipinski definition) is 9. The summed E-state index contributed by atoms with van der Waals surface area (Å²) in [5, 5.41) is 21.0. The second-order valence-electron chi connectivity index (χ2n) is 8.90. The van der Waals surface area contributed by atoms with Gasteiger partial charge in [-0.3, -0.25) is 4.40 Å². The van der Waals surface area contributed by atoms with Gasteiger partial charge in [0, 0.05) is 18.2 Å². The van der Waals surface area contributed by atoms with Gasteiger partial charge in [0.1, 0.15) is 17.7 Å². The van der Waals surface area contributed by atoms with Gasteiger partial charge in [0.15, 0.2) is 17.0 Å². The van der Waals surface area contributed by atoms with Crippen LogP contribution in [0.25, 0.3) is 16.8 Å². The van der Waals surface area contributed by atoms with Gasteiger partial charge in [-0.05, 0) is 44.4 Å². The van der Waals surface area contributed by atoms with Crippen LogP contribution in [0.1, 0.15) is 42.3 Å². The van der Waals surface area contributed by atoms with Crippen LogP contribution in [0.4, 0.5) is 5.82 Å². The first-order valence-electron chi connectivity index (χ1n) is 11.5. The van der Waals surface area contributed by atoms with Crippen LogP contribution in [0.3, 0.4) is 0 Å². The number of fused-ring (bicyclic) bond motifs is 3. The molecule has 1 saturated carbocycles. The van der Waals surface area contributed by atoms with Crippen molar-refractivity contribution in [3.8, 4) is 6.07 Å². The zero-order valence-electron chi connectivity index (χ0n) is 19.3. The molecular weight excluding hydrogens is 478 g/mol. The molecule has 2 atom stereocenters. The average Bonchev–Trinajstić information content (AvgIpc) is 3.62. The molecule has 0 saturated heterocycles. The average molecular weight is 500 g/mol. The van der Waals surface area contributed by atoms with Crippen molar-refractivity contribution in [2.24, 2.45) is 0 Å². The molecule has 1 fully saturated rings. The molecule has 11 nitrogen and oxygen atoms in total. The SMILES string of the molecule is Cc1ccc(S(=O)(=O)n2ccc3c2ncc2nnc([C@@H]4CC[C@@H](Nc5cnc(C#N)cn5)C4)n23)cc1. The van der Waals surface area contributed by atoms with Crippen molar-refractivity contribution in [3.05, 3.63) is 72.2 Å². The van der Waals surface area contributed by atoms with Crippen LogP contribution in [0.2, 0.25) is 0 Å². The molecule has 1 aromatic carbocycles. The molecule has 0 bridgehead atoms. The molecule has 0 unspecified atom stereocenters. The Balaban J connectivity index is 1.32. The number of hydrogen-bond donors (Lipinski definition) is 1. The molecule has 0 aliphatic heterocycles. The van der Waals surface area contributed by atoms with Gasteiger partial charge in [-0.1, -0.05) is 17.7 Å². The van der Waals surface area contributed by atoms with Gasteiger partial charge in [0.05, 0.1) is 29.0 Å². The molecule has 1 N–H and O–H groups in total. The van der Waals surface area contributed by atoms with Crippen molar-refractivity contribution in [1.82, 2.24) is 33.5 Å². The van der Waals surface area contributed by atoms with Crippen LogP contribution in [-0.4, -0.2) is 48.0 Å². The summed E-state index contributed by atoms with van der Waals surface area (Å²) in [6, 6.07) is 10.6. The molecule has 6 rings (SSSR count). The number of rotatable bonds is 5. The highest BCUT2D eigenvalue weighted by molar-refractivity contribution is 7.90. The predicted octanol–water partition coefficient (Wildman–Crippen LogP) is 3.03. The van der Waals surface area contributed by atoms with Gasteiger partial charge < -0.3 is 5.32 Å². The lowest BCUT2D eigenvalue weighted by Gasteiger charge is -2.13. The molecule has 0 amide bonds. The van der Waals surface area contributed by atoms with Gasteiger partial charge in [0.2, 0.25) is 0 Å². The van der Waals surface area contributed by atoms with Crippen LogP contribution in [0.5, 0.6) is 0 Å². The van der Waals surface area contributed by atoms with Gasteiger partial charge in [-0.2, -0.15) is 5.26 Å². The van der Waals surface area contributed by atoms with E-state index in [0.29, 0.717) is 22.6 Å². The molecule has 1 aliphatic rings. The van der Waals surface area contributed by atoms with E-state index in [9.17, 15) is 8.42 Å². The van der Waals surface area contributed by atoms with E-state index in [4.69, 9.17) is 5.26 Å². The number of anilines is 1. The maximum absolute atomic E-state index is 13.3. The normalized spacial score (nSPS) is 18.0. The summed E-state index contributed by atoms with van der Waals surface area (Å²) < 4.78 is 29.8. The minimum absolute atomic E-state index is 0.117. The van der Waals surface area contributed by atoms with E-state index in [1.807, 2.05) is 17.4 Å². The van der Waals surface area contributed by atoms with Crippen molar-refractivity contribution in [2.45, 2.75) is 43.0 Å². The molecule has 0 spiro atoms. The lowest BCUT2D eigenvalue weighted by molar-refractivity contribution is 0.588. The third kappa shape index (κ3) is 3.64. The summed E-state index contributed by atoms with van der Waals surface area (Å²) in [7, 11) is -3.81. The van der Waals surface area contributed by atoms with Crippen LogP contribution < -0.4 is 5.32 Å². The number of nitrogens with zero attached hydrogens (tertiary/aromatic N) is 8. The zero-order chi connectivity index (χ0) is 24.9. The van der Waals surface area contributed by atoms with Crippen LogP contribution in [0.15, 0.2) is 60.0 Å². The Bertz CT molecular complexity index is 1730. The first-order valence-corrected chi connectivity index (χ1v) is 12.9. The third-order valence-corrected chi connectivity index (χ3v) is 8.24.